The molecule has 9 heteroatoms. The number of likely N-dealkylation sites (tertiary alicyclic amines) is 2. The van der Waals surface area contributed by atoms with E-state index >= 15 is 0 Å². The highest BCUT2D eigenvalue weighted by molar-refractivity contribution is 6.31. The van der Waals surface area contributed by atoms with Gasteiger partial charge in [0.2, 0.25) is 0 Å². The van der Waals surface area contributed by atoms with Gasteiger partial charge in [-0.15, -0.1) is 0 Å². The molecule has 2 aliphatic rings. The third-order valence-electron chi connectivity index (χ3n) is 7.27. The van der Waals surface area contributed by atoms with Crippen LogP contribution in [-0.2, 0) is 6.54 Å². The second-order valence-corrected chi connectivity index (χ2v) is 10.2. The smallest absolute Gasteiger partial charge is 0.344 e. The van der Waals surface area contributed by atoms with Crippen molar-refractivity contribution in [2.24, 2.45) is 5.41 Å². The molecule has 1 unspecified atom stereocenters. The molecule has 35 heavy (non-hydrogen) atoms. The monoisotopic (exact) mass is 491 g/mol. The molecule has 1 spiro atoms. The van der Waals surface area contributed by atoms with E-state index in [0.717, 1.165) is 78.8 Å². The van der Waals surface area contributed by atoms with E-state index < -0.39 is 0 Å². The number of amides is 1. The van der Waals surface area contributed by atoms with E-state index in [1.165, 1.54) is 4.68 Å². The molecule has 182 valence electrons. The van der Waals surface area contributed by atoms with Gasteiger partial charge in [0.05, 0.1) is 23.8 Å². The summed E-state index contributed by atoms with van der Waals surface area (Å²) < 4.78 is 1.44. The van der Waals surface area contributed by atoms with Crippen LogP contribution >= 0.6 is 11.6 Å². The Bertz CT molecular complexity index is 1240. The van der Waals surface area contributed by atoms with Crippen LogP contribution < -0.4 is 4.90 Å². The number of nitrogens with zero attached hydrogens (tertiary/aromatic N) is 7. The number of hydrogen-bond donors (Lipinski definition) is 0. The van der Waals surface area contributed by atoms with Gasteiger partial charge in [0.25, 0.3) is 0 Å². The van der Waals surface area contributed by atoms with Crippen LogP contribution in [0.5, 0.6) is 0 Å². The highest BCUT2D eigenvalue weighted by Gasteiger charge is 2.45. The summed E-state index contributed by atoms with van der Waals surface area (Å²) in [5.41, 5.74) is 4.76. The van der Waals surface area contributed by atoms with Crippen molar-refractivity contribution in [1.82, 2.24) is 29.8 Å². The summed E-state index contributed by atoms with van der Waals surface area (Å²) in [4.78, 5) is 19.4. The standard InChI is InChI=1S/C26H30ClN7O/c1-19(2)31(3)22-14-29-34(16-22)25(35)33-12-9-26(18-33)8-11-32(17-26)15-21-7-6-20(13-23(21)27)24-5-4-10-28-30-24/h4-7,10,13-14,16H,1,8-9,11-12,15,17-18H2,2-3H3. The number of benzene rings is 1. The fraction of sp³-hybridized carbons (Fsp3) is 0.385. The Kier molecular flexibility index (Phi) is 6.34. The van der Waals surface area contributed by atoms with Crippen molar-refractivity contribution in [2.45, 2.75) is 26.3 Å². The minimum atomic E-state index is -0.0654. The molecule has 2 fully saturated rings. The third kappa shape index (κ3) is 4.81. The summed E-state index contributed by atoms with van der Waals surface area (Å²) in [6.07, 6.45) is 7.23. The second kappa shape index (κ2) is 9.43. The van der Waals surface area contributed by atoms with Gasteiger partial charge < -0.3 is 9.80 Å². The van der Waals surface area contributed by atoms with E-state index in [-0.39, 0.29) is 11.4 Å². The topological polar surface area (TPSA) is 70.4 Å². The van der Waals surface area contributed by atoms with Crippen molar-refractivity contribution < 1.29 is 4.79 Å². The lowest BCUT2D eigenvalue weighted by atomic mass is 9.86. The average Bonchev–Trinajstić information content (AvgIpc) is 3.61. The van der Waals surface area contributed by atoms with Gasteiger partial charge in [-0.25, -0.2) is 4.79 Å². The fourth-order valence-electron chi connectivity index (χ4n) is 5.08. The normalized spacial score (nSPS) is 20.0. The summed E-state index contributed by atoms with van der Waals surface area (Å²) in [6.45, 7) is 10.1. The van der Waals surface area contributed by atoms with Gasteiger partial charge in [-0.05, 0) is 50.1 Å². The fourth-order valence-corrected chi connectivity index (χ4v) is 5.32. The lowest BCUT2D eigenvalue weighted by Crippen LogP contribution is -2.36. The first kappa shape index (κ1) is 23.5. The molecule has 4 heterocycles. The van der Waals surface area contributed by atoms with E-state index in [1.807, 2.05) is 42.0 Å². The second-order valence-electron chi connectivity index (χ2n) is 9.77. The molecule has 3 aromatic rings. The van der Waals surface area contributed by atoms with Crippen molar-refractivity contribution in [3.05, 3.63) is 71.8 Å². The predicted octanol–water partition coefficient (Wildman–Crippen LogP) is 4.53. The van der Waals surface area contributed by atoms with Gasteiger partial charge in [0, 0.05) is 61.1 Å². The Morgan fingerprint density at radius 2 is 2.06 bits per heavy atom. The van der Waals surface area contributed by atoms with Crippen molar-refractivity contribution in [2.75, 3.05) is 38.1 Å². The van der Waals surface area contributed by atoms with Crippen LogP contribution in [0.15, 0.2) is 61.2 Å². The first-order valence-electron chi connectivity index (χ1n) is 11.9. The minimum absolute atomic E-state index is 0.0654. The Morgan fingerprint density at radius 3 is 2.80 bits per heavy atom. The lowest BCUT2D eigenvalue weighted by molar-refractivity contribution is 0.196. The predicted molar refractivity (Wildman–Crippen MR) is 137 cm³/mol. The SMILES string of the molecule is C=C(C)N(C)c1cnn(C(=O)N2CCC3(CCN(Cc4ccc(-c5cccnn5)cc4Cl)C3)C2)c1. The number of carbonyl (C=O) groups excluding carboxylic acids is 1. The van der Waals surface area contributed by atoms with Gasteiger partial charge in [-0.2, -0.15) is 20.0 Å². The lowest BCUT2D eigenvalue weighted by Gasteiger charge is -2.25. The van der Waals surface area contributed by atoms with Crippen molar-refractivity contribution in [3.8, 4) is 11.3 Å². The molecule has 8 nitrogen and oxygen atoms in total. The molecule has 1 atom stereocenters. The van der Waals surface area contributed by atoms with Crippen LogP contribution in [0.3, 0.4) is 0 Å². The first-order valence-corrected chi connectivity index (χ1v) is 12.2. The molecule has 5 rings (SSSR count). The van der Waals surface area contributed by atoms with E-state index in [0.29, 0.717) is 0 Å². The van der Waals surface area contributed by atoms with Crippen LogP contribution in [0, 0.1) is 5.41 Å². The maximum atomic E-state index is 13.1. The molecule has 2 aliphatic heterocycles. The van der Waals surface area contributed by atoms with Crippen LogP contribution in [0.2, 0.25) is 5.02 Å². The van der Waals surface area contributed by atoms with E-state index in [2.05, 4.69) is 38.9 Å². The number of anilines is 1. The van der Waals surface area contributed by atoms with Gasteiger partial charge in [-0.1, -0.05) is 30.3 Å². The van der Waals surface area contributed by atoms with E-state index in [9.17, 15) is 4.79 Å². The molecule has 2 aromatic heterocycles. The molecule has 0 saturated carbocycles. The van der Waals surface area contributed by atoms with Gasteiger partial charge in [-0.3, -0.25) is 4.90 Å². The highest BCUT2D eigenvalue weighted by Crippen LogP contribution is 2.40. The largest absolute Gasteiger partial charge is 0.347 e. The Balaban J connectivity index is 1.21. The average molecular weight is 492 g/mol. The number of rotatable bonds is 5. The molecule has 0 aliphatic carbocycles. The Hall–Kier alpha value is -3.23. The summed E-state index contributed by atoms with van der Waals surface area (Å²) in [5.74, 6) is 0. The number of halogens is 1. The zero-order valence-electron chi connectivity index (χ0n) is 20.2. The zero-order valence-corrected chi connectivity index (χ0v) is 20.9. The molecule has 2 saturated heterocycles. The quantitative estimate of drug-likeness (QED) is 0.522. The minimum Gasteiger partial charge on any atom is -0.347 e. The van der Waals surface area contributed by atoms with Crippen LogP contribution in [0.4, 0.5) is 10.5 Å². The Labute approximate surface area is 210 Å². The molecular weight excluding hydrogens is 462 g/mol. The zero-order chi connectivity index (χ0) is 24.6. The van der Waals surface area contributed by atoms with E-state index in [1.54, 1.807) is 18.6 Å². The number of carbonyl (C=O) groups is 1. The maximum Gasteiger partial charge on any atom is 0.344 e. The molecular formula is C26H30ClN7O. The van der Waals surface area contributed by atoms with E-state index in [4.69, 9.17) is 11.6 Å². The molecule has 0 radical (unpaired) electrons. The first-order chi connectivity index (χ1) is 16.8. The third-order valence-corrected chi connectivity index (χ3v) is 7.62. The number of hydrogen-bond acceptors (Lipinski definition) is 6. The van der Waals surface area contributed by atoms with Crippen LogP contribution in [0.25, 0.3) is 11.3 Å². The van der Waals surface area contributed by atoms with Gasteiger partial charge in [0.1, 0.15) is 0 Å². The summed E-state index contributed by atoms with van der Waals surface area (Å²) in [7, 11) is 1.92. The van der Waals surface area contributed by atoms with Crippen LogP contribution in [-0.4, -0.2) is 69.0 Å². The van der Waals surface area contributed by atoms with Crippen molar-refractivity contribution in [3.63, 3.8) is 0 Å². The summed E-state index contributed by atoms with van der Waals surface area (Å²) in [6, 6.07) is 9.83. The van der Waals surface area contributed by atoms with Crippen molar-refractivity contribution >= 4 is 23.3 Å². The van der Waals surface area contributed by atoms with Crippen LogP contribution in [0.1, 0.15) is 25.3 Å². The number of aromatic nitrogens is 4. The van der Waals surface area contributed by atoms with Gasteiger partial charge in [0.15, 0.2) is 0 Å². The Morgan fingerprint density at radius 1 is 1.23 bits per heavy atom. The molecule has 1 aromatic carbocycles. The van der Waals surface area contributed by atoms with Crippen molar-refractivity contribution in [1.29, 1.82) is 0 Å². The number of allylic oxidation sites excluding steroid dienone is 1. The molecule has 0 bridgehead atoms. The molecule has 0 N–H and O–H groups in total. The highest BCUT2D eigenvalue weighted by atomic mass is 35.5. The summed E-state index contributed by atoms with van der Waals surface area (Å²) in [5, 5.41) is 13.2. The molecule has 1 amide bonds. The summed E-state index contributed by atoms with van der Waals surface area (Å²) >= 11 is 6.64. The van der Waals surface area contributed by atoms with Gasteiger partial charge >= 0.3 is 6.03 Å². The maximum absolute atomic E-state index is 13.1.